The Bertz CT molecular complexity index is 806. The molecule has 1 aliphatic rings. The van der Waals surface area contributed by atoms with Gasteiger partial charge in [-0.25, -0.2) is 0 Å². The third-order valence-corrected chi connectivity index (χ3v) is 5.26. The lowest BCUT2D eigenvalue weighted by molar-refractivity contribution is 0.378. The van der Waals surface area contributed by atoms with Crippen molar-refractivity contribution < 1.29 is 4.74 Å². The average molecular weight is 379 g/mol. The number of fused-ring (bicyclic) bond motifs is 1. The smallest absolute Gasteiger partial charge is 0.244 e. The number of ether oxygens (including phenoxy) is 1. The molecule has 0 saturated carbocycles. The van der Waals surface area contributed by atoms with Gasteiger partial charge >= 0.3 is 0 Å². The number of aromatic nitrogens is 2. The van der Waals surface area contributed by atoms with Crippen molar-refractivity contribution in [1.82, 2.24) is 10.2 Å². The first-order valence-electron chi connectivity index (χ1n) is 6.74. The molecule has 0 spiro atoms. The Morgan fingerprint density at radius 1 is 1.45 bits per heavy atom. The quantitative estimate of drug-likeness (QED) is 0.790. The first kappa shape index (κ1) is 15.1. The molecule has 0 aromatic carbocycles. The van der Waals surface area contributed by atoms with Crippen LogP contribution in [0, 0.1) is 11.3 Å². The van der Waals surface area contributed by atoms with Crippen LogP contribution in [-0.2, 0) is 5.41 Å². The molecule has 0 fully saturated rings. The third kappa shape index (κ3) is 2.32. The Balaban J connectivity index is 2.27. The molecule has 0 radical (unpaired) electrons. The molecule has 5 nitrogen and oxygen atoms in total. The van der Waals surface area contributed by atoms with E-state index in [9.17, 15) is 5.26 Å². The number of aromatic amines is 1. The zero-order chi connectivity index (χ0) is 16.1. The summed E-state index contributed by atoms with van der Waals surface area (Å²) in [6.07, 6.45) is 0. The number of nitriles is 1. The Kier molecular flexibility index (Phi) is 3.54. The number of nitrogens with one attached hydrogen (secondary N) is 1. The van der Waals surface area contributed by atoms with E-state index in [-0.39, 0.29) is 17.2 Å². The second-order valence-electron chi connectivity index (χ2n) is 6.13. The molecule has 2 aromatic heterocycles. The van der Waals surface area contributed by atoms with Crippen molar-refractivity contribution in [2.24, 2.45) is 5.73 Å². The van der Waals surface area contributed by atoms with Gasteiger partial charge in [0.1, 0.15) is 11.6 Å². The summed E-state index contributed by atoms with van der Waals surface area (Å²) in [5, 5.41) is 16.9. The van der Waals surface area contributed by atoms with Crippen molar-refractivity contribution in [1.29, 1.82) is 5.26 Å². The Labute approximate surface area is 140 Å². The number of H-pyrrole nitrogens is 1. The minimum absolute atomic E-state index is 0.122. The summed E-state index contributed by atoms with van der Waals surface area (Å²) in [5.41, 5.74) is 8.06. The van der Waals surface area contributed by atoms with Gasteiger partial charge in [0.05, 0.1) is 15.3 Å². The van der Waals surface area contributed by atoms with Crippen LogP contribution in [0.15, 0.2) is 27.4 Å². The monoisotopic (exact) mass is 378 g/mol. The number of hydrogen-bond donors (Lipinski definition) is 2. The van der Waals surface area contributed by atoms with E-state index in [0.29, 0.717) is 11.5 Å². The van der Waals surface area contributed by atoms with Crippen molar-refractivity contribution >= 4 is 27.3 Å². The minimum atomic E-state index is -0.252. The predicted octanol–water partition coefficient (Wildman–Crippen LogP) is 3.75. The molecule has 1 atom stereocenters. The molecular formula is C15H15BrN4OS. The second kappa shape index (κ2) is 5.14. The van der Waals surface area contributed by atoms with Gasteiger partial charge in [0.15, 0.2) is 0 Å². The molecule has 2 aromatic rings. The summed E-state index contributed by atoms with van der Waals surface area (Å²) in [6.45, 7) is 6.28. The van der Waals surface area contributed by atoms with E-state index in [0.717, 1.165) is 19.9 Å². The van der Waals surface area contributed by atoms with Gasteiger partial charge in [-0.2, -0.15) is 5.26 Å². The standard InChI is InChI=1S/C15H15BrN4OS/c1-15(2,3)12-11-10(8-4-5-9(16)22-8)7(6-17)13(18)21-14(11)20-19-12/h4-5,10H,18H2,1-3H3,(H,19,20). The van der Waals surface area contributed by atoms with Gasteiger partial charge in [0.25, 0.3) is 0 Å². The van der Waals surface area contributed by atoms with Gasteiger partial charge in [0, 0.05) is 16.0 Å². The lowest BCUT2D eigenvalue weighted by Gasteiger charge is -2.26. The van der Waals surface area contributed by atoms with Gasteiger partial charge in [-0.05, 0) is 28.1 Å². The molecule has 0 saturated heterocycles. The van der Waals surface area contributed by atoms with Crippen LogP contribution in [-0.4, -0.2) is 10.2 Å². The zero-order valence-corrected chi connectivity index (χ0v) is 14.8. The summed E-state index contributed by atoms with van der Waals surface area (Å²) in [5.74, 6) is 0.324. The number of hydrogen-bond acceptors (Lipinski definition) is 5. The maximum absolute atomic E-state index is 9.55. The zero-order valence-electron chi connectivity index (χ0n) is 12.4. The van der Waals surface area contributed by atoms with Crippen molar-refractivity contribution in [3.05, 3.63) is 43.5 Å². The summed E-state index contributed by atoms with van der Waals surface area (Å²) in [4.78, 5) is 1.03. The Hall–Kier alpha value is -1.78. The summed E-state index contributed by atoms with van der Waals surface area (Å²) < 4.78 is 6.56. The van der Waals surface area contributed by atoms with Gasteiger partial charge in [-0.3, -0.25) is 5.10 Å². The van der Waals surface area contributed by atoms with Crippen LogP contribution >= 0.6 is 27.3 Å². The van der Waals surface area contributed by atoms with Crippen LogP contribution in [0.25, 0.3) is 0 Å². The van der Waals surface area contributed by atoms with Crippen molar-refractivity contribution in [3.8, 4) is 11.9 Å². The largest absolute Gasteiger partial charge is 0.420 e. The van der Waals surface area contributed by atoms with E-state index >= 15 is 0 Å². The second-order valence-corrected chi connectivity index (χ2v) is 8.63. The van der Waals surface area contributed by atoms with Crippen LogP contribution in [0.1, 0.15) is 42.8 Å². The predicted molar refractivity (Wildman–Crippen MR) is 88.6 cm³/mol. The molecule has 114 valence electrons. The lowest BCUT2D eigenvalue weighted by atomic mass is 9.81. The number of allylic oxidation sites excluding steroid dienone is 1. The van der Waals surface area contributed by atoms with E-state index < -0.39 is 0 Å². The first-order valence-corrected chi connectivity index (χ1v) is 8.35. The Morgan fingerprint density at radius 3 is 2.73 bits per heavy atom. The van der Waals surface area contributed by atoms with E-state index in [1.165, 1.54) is 0 Å². The van der Waals surface area contributed by atoms with Gasteiger partial charge in [0.2, 0.25) is 11.8 Å². The number of thiophene rings is 1. The molecule has 1 aliphatic heterocycles. The summed E-state index contributed by atoms with van der Waals surface area (Å²) in [7, 11) is 0. The number of halogens is 1. The van der Waals surface area contributed by atoms with Crippen molar-refractivity contribution in [3.63, 3.8) is 0 Å². The number of nitrogens with zero attached hydrogens (tertiary/aromatic N) is 2. The number of rotatable bonds is 1. The van der Waals surface area contributed by atoms with Crippen LogP contribution in [0.3, 0.4) is 0 Å². The highest BCUT2D eigenvalue weighted by molar-refractivity contribution is 9.11. The van der Waals surface area contributed by atoms with Crippen LogP contribution in [0.5, 0.6) is 5.88 Å². The van der Waals surface area contributed by atoms with Crippen molar-refractivity contribution in [2.45, 2.75) is 32.1 Å². The van der Waals surface area contributed by atoms with Crippen LogP contribution in [0.4, 0.5) is 0 Å². The molecule has 22 heavy (non-hydrogen) atoms. The molecule has 1 unspecified atom stereocenters. The first-order chi connectivity index (χ1) is 10.3. The molecule has 3 N–H and O–H groups in total. The van der Waals surface area contributed by atoms with Gasteiger partial charge in [-0.15, -0.1) is 16.4 Å². The average Bonchev–Trinajstić information content (AvgIpc) is 3.02. The van der Waals surface area contributed by atoms with E-state index in [4.69, 9.17) is 10.5 Å². The molecule has 0 aliphatic carbocycles. The normalized spacial score (nSPS) is 17.9. The third-order valence-electron chi connectivity index (χ3n) is 3.57. The minimum Gasteiger partial charge on any atom is -0.420 e. The number of nitrogens with two attached hydrogens (primary N) is 1. The van der Waals surface area contributed by atoms with E-state index in [1.54, 1.807) is 11.3 Å². The topological polar surface area (TPSA) is 87.7 Å². The highest BCUT2D eigenvalue weighted by Gasteiger charge is 2.38. The molecule has 7 heteroatoms. The maximum atomic E-state index is 9.55. The lowest BCUT2D eigenvalue weighted by Crippen LogP contribution is -2.23. The van der Waals surface area contributed by atoms with Gasteiger partial charge < -0.3 is 10.5 Å². The fourth-order valence-corrected chi connectivity index (χ4v) is 4.13. The molecule has 3 rings (SSSR count). The van der Waals surface area contributed by atoms with Crippen molar-refractivity contribution in [2.75, 3.05) is 0 Å². The highest BCUT2D eigenvalue weighted by atomic mass is 79.9. The molecule has 0 bridgehead atoms. The molecular weight excluding hydrogens is 364 g/mol. The van der Waals surface area contributed by atoms with Crippen LogP contribution in [0.2, 0.25) is 0 Å². The molecule has 0 amide bonds. The van der Waals surface area contributed by atoms with Gasteiger partial charge in [-0.1, -0.05) is 20.8 Å². The maximum Gasteiger partial charge on any atom is 0.244 e. The Morgan fingerprint density at radius 2 is 2.18 bits per heavy atom. The van der Waals surface area contributed by atoms with E-state index in [2.05, 4.69) is 53.0 Å². The summed E-state index contributed by atoms with van der Waals surface area (Å²) >= 11 is 5.06. The molecule has 3 heterocycles. The van der Waals surface area contributed by atoms with Crippen LogP contribution < -0.4 is 10.5 Å². The van der Waals surface area contributed by atoms with E-state index in [1.807, 2.05) is 12.1 Å². The fraction of sp³-hybridized carbons (Fsp3) is 0.333. The SMILES string of the molecule is CC(C)(C)c1[nH]nc2c1C(c1ccc(Br)s1)C(C#N)=C(N)O2. The summed E-state index contributed by atoms with van der Waals surface area (Å²) in [6, 6.07) is 6.17. The highest BCUT2D eigenvalue weighted by Crippen LogP contribution is 2.47. The fourth-order valence-electron chi connectivity index (χ4n) is 2.58.